The highest BCUT2D eigenvalue weighted by atomic mass is 32.2. The molecule has 0 aromatic rings. The van der Waals surface area contributed by atoms with Crippen molar-refractivity contribution in [1.29, 1.82) is 0 Å². The van der Waals surface area contributed by atoms with E-state index in [1.54, 1.807) is 0 Å². The predicted molar refractivity (Wildman–Crippen MR) is 60.1 cm³/mol. The highest BCUT2D eigenvalue weighted by Gasteiger charge is 2.25. The molecule has 2 fully saturated rings. The number of nitrogens with one attached hydrogen (secondary N) is 2. The van der Waals surface area contributed by atoms with Crippen molar-refractivity contribution in [2.75, 3.05) is 18.1 Å². The normalized spacial score (nSPS) is 36.4. The fraction of sp³-hybridized carbons (Fsp3) is 0.900. The van der Waals surface area contributed by atoms with Crippen LogP contribution < -0.4 is 10.6 Å². The van der Waals surface area contributed by atoms with Crippen LogP contribution in [0.4, 0.5) is 0 Å². The van der Waals surface area contributed by atoms with Gasteiger partial charge in [-0.2, -0.15) is 0 Å². The minimum atomic E-state index is -0.645. The first-order chi connectivity index (χ1) is 7.25. The molecule has 1 amide bonds. The third-order valence-corrected chi connectivity index (χ3v) is 4.49. The average molecular weight is 230 g/mol. The molecule has 0 unspecified atom stereocenters. The Morgan fingerprint density at radius 3 is 2.60 bits per heavy atom. The summed E-state index contributed by atoms with van der Waals surface area (Å²) in [6.07, 6.45) is 3.77. The molecule has 0 radical (unpaired) electrons. The van der Waals surface area contributed by atoms with Crippen molar-refractivity contribution in [2.24, 2.45) is 0 Å². The minimum Gasteiger partial charge on any atom is -0.352 e. The van der Waals surface area contributed by atoms with Gasteiger partial charge < -0.3 is 10.6 Å². The highest BCUT2D eigenvalue weighted by Crippen LogP contribution is 2.11. The summed E-state index contributed by atoms with van der Waals surface area (Å²) >= 11 is 0. The Labute approximate surface area is 92.6 Å². The Balaban J connectivity index is 1.76. The van der Waals surface area contributed by atoms with Crippen LogP contribution in [0, 0.1) is 0 Å². The van der Waals surface area contributed by atoms with E-state index in [-0.39, 0.29) is 18.0 Å². The van der Waals surface area contributed by atoms with Gasteiger partial charge in [0.2, 0.25) is 5.91 Å². The minimum absolute atomic E-state index is 0.0115. The van der Waals surface area contributed by atoms with E-state index in [0.29, 0.717) is 0 Å². The SMILES string of the molecule is O=C(NC1CCS(=O)CC1)[C@H]1CCCN1. The van der Waals surface area contributed by atoms with Crippen LogP contribution in [0.25, 0.3) is 0 Å². The summed E-state index contributed by atoms with van der Waals surface area (Å²) in [4.78, 5) is 11.7. The molecule has 2 aliphatic heterocycles. The van der Waals surface area contributed by atoms with Gasteiger partial charge in [-0.1, -0.05) is 0 Å². The second kappa shape index (κ2) is 5.07. The molecule has 2 aliphatic rings. The van der Waals surface area contributed by atoms with Crippen LogP contribution in [0.2, 0.25) is 0 Å². The van der Waals surface area contributed by atoms with Gasteiger partial charge in [-0.15, -0.1) is 0 Å². The summed E-state index contributed by atoms with van der Waals surface area (Å²) in [5.41, 5.74) is 0. The van der Waals surface area contributed by atoms with Crippen LogP contribution in [0.15, 0.2) is 0 Å². The van der Waals surface area contributed by atoms with Crippen molar-refractivity contribution >= 4 is 16.7 Å². The van der Waals surface area contributed by atoms with Crippen LogP contribution in [0.3, 0.4) is 0 Å². The number of hydrogen-bond donors (Lipinski definition) is 2. The lowest BCUT2D eigenvalue weighted by molar-refractivity contribution is -0.123. The molecule has 1 atom stereocenters. The lowest BCUT2D eigenvalue weighted by atomic mass is 10.1. The smallest absolute Gasteiger partial charge is 0.237 e. The van der Waals surface area contributed by atoms with Gasteiger partial charge in [0.25, 0.3) is 0 Å². The maximum Gasteiger partial charge on any atom is 0.237 e. The van der Waals surface area contributed by atoms with E-state index >= 15 is 0 Å². The predicted octanol–water partition coefficient (Wildman–Crippen LogP) is -0.234. The van der Waals surface area contributed by atoms with Crippen molar-refractivity contribution in [3.05, 3.63) is 0 Å². The van der Waals surface area contributed by atoms with Crippen molar-refractivity contribution in [2.45, 2.75) is 37.8 Å². The second-order valence-corrected chi connectivity index (χ2v) is 5.98. The summed E-state index contributed by atoms with van der Waals surface area (Å²) in [6.45, 7) is 0.951. The molecule has 2 rings (SSSR count). The van der Waals surface area contributed by atoms with E-state index in [1.807, 2.05) is 0 Å². The zero-order chi connectivity index (χ0) is 10.7. The van der Waals surface area contributed by atoms with Gasteiger partial charge >= 0.3 is 0 Å². The molecule has 15 heavy (non-hydrogen) atoms. The molecular formula is C10H18N2O2S. The maximum atomic E-state index is 11.7. The lowest BCUT2D eigenvalue weighted by Gasteiger charge is -2.24. The van der Waals surface area contributed by atoms with Gasteiger partial charge in [-0.3, -0.25) is 9.00 Å². The van der Waals surface area contributed by atoms with E-state index in [1.165, 1.54) is 0 Å². The molecule has 86 valence electrons. The summed E-state index contributed by atoms with van der Waals surface area (Å²) in [6, 6.07) is 0.259. The molecule has 0 aliphatic carbocycles. The molecule has 2 heterocycles. The van der Waals surface area contributed by atoms with E-state index < -0.39 is 10.8 Å². The molecule has 2 saturated heterocycles. The first kappa shape index (κ1) is 11.1. The molecule has 2 N–H and O–H groups in total. The standard InChI is InChI=1S/C10H18N2O2S/c13-10(9-2-1-5-11-9)12-8-3-6-15(14)7-4-8/h8-9,11H,1-7H2,(H,12,13)/t8?,9-,15?/m1/s1. The highest BCUT2D eigenvalue weighted by molar-refractivity contribution is 7.85. The van der Waals surface area contributed by atoms with Crippen LogP contribution >= 0.6 is 0 Å². The fourth-order valence-electron chi connectivity index (χ4n) is 2.15. The lowest BCUT2D eigenvalue weighted by Crippen LogP contribution is -2.47. The zero-order valence-electron chi connectivity index (χ0n) is 8.83. The van der Waals surface area contributed by atoms with Crippen molar-refractivity contribution in [1.82, 2.24) is 10.6 Å². The molecule has 0 aromatic heterocycles. The Kier molecular flexibility index (Phi) is 3.75. The third-order valence-electron chi connectivity index (χ3n) is 3.11. The largest absolute Gasteiger partial charge is 0.352 e. The van der Waals surface area contributed by atoms with Gasteiger partial charge in [0.05, 0.1) is 6.04 Å². The van der Waals surface area contributed by atoms with Gasteiger partial charge in [-0.25, -0.2) is 0 Å². The van der Waals surface area contributed by atoms with Gasteiger partial charge in [-0.05, 0) is 32.2 Å². The summed E-state index contributed by atoms with van der Waals surface area (Å²) in [7, 11) is -0.645. The molecule has 0 spiro atoms. The first-order valence-electron chi connectivity index (χ1n) is 5.64. The quantitative estimate of drug-likeness (QED) is 0.689. The van der Waals surface area contributed by atoms with E-state index in [9.17, 15) is 9.00 Å². The van der Waals surface area contributed by atoms with Crippen LogP contribution in [0.5, 0.6) is 0 Å². The number of hydrogen-bond acceptors (Lipinski definition) is 3. The summed E-state index contributed by atoms with van der Waals surface area (Å²) in [5.74, 6) is 1.61. The second-order valence-electron chi connectivity index (χ2n) is 4.28. The van der Waals surface area contributed by atoms with Gasteiger partial charge in [0.1, 0.15) is 0 Å². The summed E-state index contributed by atoms with van der Waals surface area (Å²) in [5, 5.41) is 6.23. The Morgan fingerprint density at radius 1 is 1.27 bits per heavy atom. The van der Waals surface area contributed by atoms with Crippen molar-refractivity contribution < 1.29 is 9.00 Å². The van der Waals surface area contributed by atoms with Gasteiger partial charge in [0.15, 0.2) is 0 Å². The van der Waals surface area contributed by atoms with Crippen LogP contribution in [-0.4, -0.2) is 40.3 Å². The van der Waals surface area contributed by atoms with E-state index in [2.05, 4.69) is 10.6 Å². The molecule has 0 bridgehead atoms. The molecule has 4 nitrogen and oxygen atoms in total. The first-order valence-corrected chi connectivity index (χ1v) is 7.13. The fourth-order valence-corrected chi connectivity index (χ4v) is 3.45. The number of rotatable bonds is 2. The topological polar surface area (TPSA) is 58.2 Å². The van der Waals surface area contributed by atoms with Gasteiger partial charge in [0, 0.05) is 28.3 Å². The Hall–Kier alpha value is -0.420. The van der Waals surface area contributed by atoms with Crippen LogP contribution in [0.1, 0.15) is 25.7 Å². The number of carbonyl (C=O) groups excluding carboxylic acids is 1. The monoisotopic (exact) mass is 230 g/mol. The number of amides is 1. The molecular weight excluding hydrogens is 212 g/mol. The van der Waals surface area contributed by atoms with Crippen LogP contribution in [-0.2, 0) is 15.6 Å². The summed E-state index contributed by atoms with van der Waals surface area (Å²) < 4.78 is 11.1. The van der Waals surface area contributed by atoms with E-state index in [0.717, 1.165) is 43.7 Å². The van der Waals surface area contributed by atoms with Crippen molar-refractivity contribution in [3.8, 4) is 0 Å². The average Bonchev–Trinajstić information content (AvgIpc) is 2.74. The Morgan fingerprint density at radius 2 is 2.00 bits per heavy atom. The maximum absolute atomic E-state index is 11.7. The third kappa shape index (κ3) is 3.01. The zero-order valence-corrected chi connectivity index (χ0v) is 9.65. The number of carbonyl (C=O) groups is 1. The van der Waals surface area contributed by atoms with Crippen molar-refractivity contribution in [3.63, 3.8) is 0 Å². The Bertz CT molecular complexity index is 254. The van der Waals surface area contributed by atoms with E-state index in [4.69, 9.17) is 0 Å². The molecule has 0 aromatic carbocycles. The molecule has 0 saturated carbocycles. The molecule has 5 heteroatoms.